The fourth-order valence-corrected chi connectivity index (χ4v) is 15.2. The third-order valence-electron chi connectivity index (χ3n) is 21.3. The van der Waals surface area contributed by atoms with E-state index in [1.165, 1.54) is 58.1 Å². The topological polar surface area (TPSA) is 445 Å². The molecule has 41 nitrogen and oxygen atoms in total. The quantitative estimate of drug-likeness (QED) is 0.0349. The van der Waals surface area contributed by atoms with Crippen molar-refractivity contribution >= 4 is 85.3 Å². The van der Waals surface area contributed by atoms with Gasteiger partial charge in [0.1, 0.15) is 11.3 Å². The van der Waals surface area contributed by atoms with Gasteiger partial charge in [0.2, 0.25) is 28.4 Å². The fraction of sp³-hybridized carbons (Fsp3) is 0.311. The highest BCUT2D eigenvalue weighted by atomic mass is 16.5. The van der Waals surface area contributed by atoms with Crippen molar-refractivity contribution in [3.63, 3.8) is 0 Å². The lowest BCUT2D eigenvalue weighted by Crippen LogP contribution is -2.28. The number of aromatic amines is 5. The predicted molar refractivity (Wildman–Crippen MR) is 486 cm³/mol. The maximum atomic E-state index is 12.7. The van der Waals surface area contributed by atoms with E-state index >= 15 is 0 Å². The van der Waals surface area contributed by atoms with Gasteiger partial charge in [-0.25, -0.2) is 86.2 Å². The molecule has 0 saturated heterocycles. The highest BCUT2D eigenvalue weighted by Crippen LogP contribution is 2.32. The Morgan fingerprint density at radius 3 is 1.21 bits per heavy atom. The lowest BCUT2D eigenvalue weighted by atomic mass is 9.96. The van der Waals surface area contributed by atoms with Gasteiger partial charge in [0.15, 0.2) is 33.9 Å². The first-order chi connectivity index (χ1) is 63.2. The summed E-state index contributed by atoms with van der Waals surface area (Å²) in [5.41, 5.74) is 14.2. The Hall–Kier alpha value is -16.9. The first-order valence-corrected chi connectivity index (χ1v) is 41.2. The number of benzene rings is 2. The molecule has 0 bridgehead atoms. The summed E-state index contributed by atoms with van der Waals surface area (Å²) in [5.74, 6) is -0.566. The summed E-state index contributed by atoms with van der Waals surface area (Å²) >= 11 is 0. The van der Waals surface area contributed by atoms with Crippen molar-refractivity contribution in [1.82, 2.24) is 101 Å². The number of para-hydroxylation sites is 2. The first kappa shape index (κ1) is 94.8. The molecule has 0 radical (unpaired) electrons. The largest absolute Gasteiger partial charge is 0.461 e. The number of H-pyrrole nitrogens is 5. The summed E-state index contributed by atoms with van der Waals surface area (Å²) in [7, 11) is 3.11. The smallest absolute Gasteiger partial charge is 0.357 e. The number of hydrogen-bond acceptors (Lipinski definition) is 20. The van der Waals surface area contributed by atoms with E-state index < -0.39 is 5.97 Å². The normalized spacial score (nSPS) is 11.2. The number of hydrogen-bond donors (Lipinski definition) is 7. The number of carbonyl (C=O) groups is 1. The molecule has 668 valence electrons. The van der Waals surface area contributed by atoms with E-state index in [1.807, 2.05) is 118 Å². The number of carbonyl (C=O) groups excluding carboxylic acids is 1. The van der Waals surface area contributed by atoms with Crippen molar-refractivity contribution < 1.29 is 29.2 Å². The summed E-state index contributed by atoms with van der Waals surface area (Å²) in [4.78, 5) is 143. The number of aliphatic hydroxyl groups is 2. The molecule has 0 aliphatic heterocycles. The maximum absolute atomic E-state index is 12.7. The summed E-state index contributed by atoms with van der Waals surface area (Å²) in [5, 5.41) is 40.4. The van der Waals surface area contributed by atoms with Crippen molar-refractivity contribution in [3.8, 4) is 11.4 Å². The predicted octanol–water partition coefficient (Wildman–Crippen LogP) is 12.1. The summed E-state index contributed by atoms with van der Waals surface area (Å²) < 4.78 is 27.9. The van der Waals surface area contributed by atoms with Crippen LogP contribution in [0.4, 0.5) is 39.8 Å². The van der Waals surface area contributed by atoms with Crippen LogP contribution in [0, 0.1) is 66.8 Å². The van der Waals surface area contributed by atoms with E-state index in [1.54, 1.807) is 41.9 Å². The molecule has 0 saturated carbocycles. The third kappa shape index (κ3) is 18.3. The third-order valence-corrected chi connectivity index (χ3v) is 21.3. The molecule has 2 aromatic carbocycles. The Morgan fingerprint density at radius 1 is 0.450 bits per heavy atom. The Kier molecular flexibility index (Phi) is 30.4. The van der Waals surface area contributed by atoms with Crippen LogP contribution in [0.15, 0.2) is 125 Å². The molecule has 0 spiro atoms. The van der Waals surface area contributed by atoms with Crippen LogP contribution >= 0.6 is 0 Å². The van der Waals surface area contributed by atoms with Gasteiger partial charge in [0.25, 0.3) is 50.3 Å². The lowest BCUT2D eigenvalue weighted by molar-refractivity contribution is 0.0518. The van der Waals surface area contributed by atoms with Gasteiger partial charge in [-0.3, -0.25) is 33.6 Å². The van der Waals surface area contributed by atoms with Crippen LogP contribution < -0.4 is 38.9 Å². The van der Waals surface area contributed by atoms with Crippen LogP contribution in [-0.4, -0.2) is 138 Å². The molecule has 0 fully saturated rings. The van der Waals surface area contributed by atoms with Gasteiger partial charge in [-0.15, -0.1) is 0 Å². The second-order valence-corrected chi connectivity index (χ2v) is 29.3. The van der Waals surface area contributed by atoms with Gasteiger partial charge in [-0.2, -0.15) is 19.2 Å². The highest BCUT2D eigenvalue weighted by Gasteiger charge is 2.28. The molecule has 16 aromatic rings. The van der Waals surface area contributed by atoms with Gasteiger partial charge in [-0.05, 0) is 116 Å². The van der Waals surface area contributed by atoms with Crippen LogP contribution in [0.1, 0.15) is 169 Å². The summed E-state index contributed by atoms with van der Waals surface area (Å²) in [6, 6.07) is 19.6. The molecule has 14 heterocycles. The molecular weight excluding hydrogens is 1680 g/mol. The zero-order chi connectivity index (χ0) is 94.9. The molecule has 1 aliphatic rings. The minimum Gasteiger partial charge on any atom is -0.461 e. The number of nitrogens with one attached hydrogen (secondary N) is 5. The van der Waals surface area contributed by atoms with Crippen molar-refractivity contribution in [2.24, 2.45) is 0 Å². The van der Waals surface area contributed by atoms with Crippen molar-refractivity contribution in [1.29, 1.82) is 0 Å². The number of esters is 1. The molecule has 14 aromatic heterocycles. The fourth-order valence-electron chi connectivity index (χ4n) is 15.2. The average Bonchev–Trinajstić information content (AvgIpc) is 1.67. The van der Waals surface area contributed by atoms with Crippen molar-refractivity contribution in [2.45, 2.75) is 166 Å². The van der Waals surface area contributed by atoms with Crippen LogP contribution in [0.5, 0.6) is 0 Å². The van der Waals surface area contributed by atoms with Gasteiger partial charge < -0.3 is 59.1 Å². The van der Waals surface area contributed by atoms with Crippen molar-refractivity contribution in [3.05, 3.63) is 334 Å². The molecular formula is C90H90N28O13. The molecule has 7 N–H and O–H groups in total. The van der Waals surface area contributed by atoms with Crippen LogP contribution in [0.3, 0.4) is 0 Å². The van der Waals surface area contributed by atoms with E-state index in [9.17, 15) is 43.5 Å². The van der Waals surface area contributed by atoms with Gasteiger partial charge in [0, 0.05) is 100 Å². The standard InChI is InChI=1S/C17H14N4O.C17H16N4O.C12H12N4O3.C12H14N4O2.2C11H12N4O2.C10H10N4O2/c1-18-14-11-19-21-16(14)20(12-7-3-2-4-8-12)15-10-6-5-9-13(15)17(21)22;1-11(2)15-12(3)20(13-8-6-5-7-9-13)16-14(18-4)10-19-21(16)17(15)22;1-4-7-9(12(18)19-5-2)15-10-8(13-3)6-14-16(10)11(7)17;1-5-8-9(6-18-4)14-11-10(13-3)7(2)15-16(11)12(8)17;1-4-7-9(6-17-3)14-10-8(12-2)5-13-15(10)11(7)16;1-4-7-8(5-16)13-10-9(12-3)6(2)14-15(10)11(7)17;1-3-6-8(5-15)13-9-7(11-2)4-12-14(9)10(6)16/h2-4,7-8,11H,5-6,9-10H2;5-11H,1-3H3;6,14H,4-5H2,1-2H3;15H,5-6H2,1-2,4H3;5,13H,4,6H2,1,3H3;14,16H,4-5H2,1-2H3;4,12,15H,3,5H2,1H3. The minimum atomic E-state index is -0.643. The first-order valence-electron chi connectivity index (χ1n) is 41.2. The Labute approximate surface area is 745 Å². The second-order valence-electron chi connectivity index (χ2n) is 29.3. The molecule has 41 heteroatoms. The van der Waals surface area contributed by atoms with Gasteiger partial charge in [-0.1, -0.05) is 84.9 Å². The van der Waals surface area contributed by atoms with Crippen LogP contribution in [-0.2, 0) is 85.6 Å². The Balaban J connectivity index is 0.000000148. The zero-order valence-electron chi connectivity index (χ0n) is 73.8. The lowest BCUT2D eigenvalue weighted by Gasteiger charge is -2.22. The van der Waals surface area contributed by atoms with E-state index in [0.717, 1.165) is 64.1 Å². The van der Waals surface area contributed by atoms with Gasteiger partial charge >= 0.3 is 5.97 Å². The maximum Gasteiger partial charge on any atom is 0.357 e. The van der Waals surface area contributed by atoms with E-state index in [4.69, 9.17) is 65.3 Å². The molecule has 0 atom stereocenters. The summed E-state index contributed by atoms with van der Waals surface area (Å²) in [6.07, 6.45) is 13.5. The molecule has 0 unspecified atom stereocenters. The number of fused-ring (bicyclic) bond motifs is 8. The van der Waals surface area contributed by atoms with E-state index in [2.05, 4.69) is 94.5 Å². The van der Waals surface area contributed by atoms with E-state index in [-0.39, 0.29) is 117 Å². The molecule has 0 amide bonds. The second kappa shape index (κ2) is 41.9. The monoisotopic (exact) mass is 1770 g/mol. The number of aryl methyl sites for hydroxylation is 2. The number of rotatable bonds is 16. The molecule has 17 rings (SSSR count). The average molecular weight is 1770 g/mol. The van der Waals surface area contributed by atoms with Crippen molar-refractivity contribution in [2.75, 3.05) is 20.8 Å². The Bertz CT molecular complexity index is 7860. The number of ether oxygens (including phenoxy) is 3. The number of nitrogens with zero attached hydrogens (tertiary/aromatic N) is 23. The number of aliphatic hydroxyl groups excluding tert-OH is 2. The zero-order valence-corrected chi connectivity index (χ0v) is 73.8. The van der Waals surface area contributed by atoms with Crippen LogP contribution in [0.25, 0.3) is 84.8 Å². The highest BCUT2D eigenvalue weighted by molar-refractivity contribution is 5.90. The molecule has 1 aliphatic carbocycles. The van der Waals surface area contributed by atoms with Gasteiger partial charge in [0.05, 0.1) is 120 Å². The number of methoxy groups -OCH3 is 2. The van der Waals surface area contributed by atoms with Crippen LogP contribution in [0.2, 0.25) is 0 Å². The summed E-state index contributed by atoms with van der Waals surface area (Å²) in [6.45, 7) is 70.3. The molecule has 131 heavy (non-hydrogen) atoms. The number of aromatic nitrogens is 21. The minimum absolute atomic E-state index is 0.0150. The SMILES string of the molecule is [C-]#[N+]c1c(C)[nH]n2c(=O)c(CC)c(CO)nc12.[C-]#[N+]c1c(C)[nH]n2c(=O)c(CC)c(COC)nc12.[C-]#[N+]c1c[nH]n2c(=O)c(CC)c(C(=O)OCC)nc12.[C-]#[N+]c1c[nH]n2c(=O)c(CC)c(CO)nc12.[C-]#[N+]c1c[nH]n2c(=O)c(CC)c(COC)nc12.[C-]#[N+]c1cnn2c(=O)c(C(C)C)c(C)n(-c3ccccc3)c12.[C-]#[N+]c1cnn2c(=O)c3c(n(-c4ccccc4)c12)CCCC3. The van der Waals surface area contributed by atoms with E-state index in [0.29, 0.717) is 140 Å². The Morgan fingerprint density at radius 2 is 0.817 bits per heavy atom.